The molecule has 6 heteroatoms. The molecule has 32 heavy (non-hydrogen) atoms. The van der Waals surface area contributed by atoms with Crippen molar-refractivity contribution in [3.63, 3.8) is 0 Å². The number of ether oxygens (including phenoxy) is 1. The highest BCUT2D eigenvalue weighted by Gasteiger charge is 2.55. The first kappa shape index (κ1) is 20.6. The zero-order valence-electron chi connectivity index (χ0n) is 18.4. The first-order valence-electron chi connectivity index (χ1n) is 11.0. The molecule has 3 heterocycles. The monoisotopic (exact) mass is 429 g/mol. The van der Waals surface area contributed by atoms with Gasteiger partial charge in [-0.25, -0.2) is 4.98 Å². The van der Waals surface area contributed by atoms with Gasteiger partial charge in [0.15, 0.2) is 0 Å². The molecule has 6 nitrogen and oxygen atoms in total. The van der Waals surface area contributed by atoms with Crippen LogP contribution in [0.2, 0.25) is 0 Å². The maximum atomic E-state index is 13.0. The number of allylic oxidation sites excluding steroid dienone is 1. The highest BCUT2D eigenvalue weighted by atomic mass is 16.5. The molecule has 0 spiro atoms. The Kier molecular flexibility index (Phi) is 4.97. The molecule has 1 saturated heterocycles. The Morgan fingerprint density at radius 1 is 1.19 bits per heavy atom. The molecule has 2 atom stereocenters. The minimum Gasteiger partial charge on any atom is -0.367 e. The maximum Gasteiger partial charge on any atom is 0.251 e. The Morgan fingerprint density at radius 3 is 2.78 bits per heavy atom. The Morgan fingerprint density at radius 2 is 2.00 bits per heavy atom. The Balaban J connectivity index is 1.30. The molecule has 5 rings (SSSR count). The van der Waals surface area contributed by atoms with Crippen LogP contribution >= 0.6 is 0 Å². The number of nitrogens with zero attached hydrogens (tertiary/aromatic N) is 2. The summed E-state index contributed by atoms with van der Waals surface area (Å²) in [6.07, 6.45) is 8.41. The molecule has 1 aromatic carbocycles. The summed E-state index contributed by atoms with van der Waals surface area (Å²) >= 11 is 0. The Hall–Kier alpha value is -3.25. The van der Waals surface area contributed by atoms with E-state index in [0.29, 0.717) is 19.0 Å². The van der Waals surface area contributed by atoms with Crippen molar-refractivity contribution in [2.24, 2.45) is 10.8 Å². The largest absolute Gasteiger partial charge is 0.367 e. The van der Waals surface area contributed by atoms with E-state index >= 15 is 0 Å². The van der Waals surface area contributed by atoms with E-state index in [2.05, 4.69) is 54.5 Å². The van der Waals surface area contributed by atoms with Crippen molar-refractivity contribution in [3.8, 4) is 0 Å². The summed E-state index contributed by atoms with van der Waals surface area (Å²) in [4.78, 5) is 30.8. The molecule has 1 N–H and O–H groups in total. The van der Waals surface area contributed by atoms with Crippen LogP contribution in [0.3, 0.4) is 0 Å². The standard InChI is InChI=1S/C26H27N3O3/c1-25-11-21(19-6-4-3-5-7-19)12-26(25,2)17-29(16-25)23(31)9-8-18-10-20-14-32-15-22(30)28-24(20)27-13-18/h3-11,13H,12,14-17H2,1-2H3,(H,27,28,30)/b9-8+/t25-,26+/m0/s1. The van der Waals surface area contributed by atoms with Crippen molar-refractivity contribution < 1.29 is 14.3 Å². The minimum atomic E-state index is -0.208. The van der Waals surface area contributed by atoms with Crippen molar-refractivity contribution in [2.75, 3.05) is 25.0 Å². The van der Waals surface area contributed by atoms with E-state index in [1.165, 1.54) is 11.1 Å². The van der Waals surface area contributed by atoms with Crippen LogP contribution in [0.15, 0.2) is 54.7 Å². The predicted octanol–water partition coefficient (Wildman–Crippen LogP) is 3.91. The van der Waals surface area contributed by atoms with E-state index in [1.807, 2.05) is 17.0 Å². The molecule has 1 aromatic heterocycles. The van der Waals surface area contributed by atoms with Crippen LogP contribution < -0.4 is 5.32 Å². The minimum absolute atomic E-state index is 0.0102. The van der Waals surface area contributed by atoms with Crippen molar-refractivity contribution in [3.05, 3.63) is 71.4 Å². The van der Waals surface area contributed by atoms with Gasteiger partial charge in [0.25, 0.3) is 5.91 Å². The molecule has 164 valence electrons. The van der Waals surface area contributed by atoms with E-state index < -0.39 is 0 Å². The number of hydrogen-bond donors (Lipinski definition) is 1. The van der Waals surface area contributed by atoms with Crippen LogP contribution in [0.1, 0.15) is 37.0 Å². The third kappa shape index (κ3) is 3.65. The summed E-state index contributed by atoms with van der Waals surface area (Å²) in [6.45, 7) is 6.35. The van der Waals surface area contributed by atoms with E-state index in [4.69, 9.17) is 4.74 Å². The number of carbonyl (C=O) groups excluding carboxylic acids is 2. The van der Waals surface area contributed by atoms with Gasteiger partial charge in [0, 0.05) is 36.3 Å². The summed E-state index contributed by atoms with van der Waals surface area (Å²) in [5, 5.41) is 2.73. The van der Waals surface area contributed by atoms with Crippen molar-refractivity contribution in [2.45, 2.75) is 26.9 Å². The lowest BCUT2D eigenvalue weighted by molar-refractivity contribution is -0.125. The molecule has 1 fully saturated rings. The van der Waals surface area contributed by atoms with E-state index in [-0.39, 0.29) is 29.3 Å². The fraction of sp³-hybridized carbons (Fsp3) is 0.346. The van der Waals surface area contributed by atoms with Crippen molar-refractivity contribution in [1.29, 1.82) is 0 Å². The number of hydrogen-bond acceptors (Lipinski definition) is 4. The van der Waals surface area contributed by atoms with Crippen LogP contribution in [0.25, 0.3) is 11.6 Å². The van der Waals surface area contributed by atoms with Crippen molar-refractivity contribution >= 4 is 29.3 Å². The lowest BCUT2D eigenvalue weighted by Crippen LogP contribution is -2.30. The summed E-state index contributed by atoms with van der Waals surface area (Å²) in [5.41, 5.74) is 4.26. The number of anilines is 1. The van der Waals surface area contributed by atoms with Crippen LogP contribution in [-0.2, 0) is 20.9 Å². The van der Waals surface area contributed by atoms with Crippen LogP contribution in [-0.4, -0.2) is 41.4 Å². The number of benzene rings is 1. The number of rotatable bonds is 3. The average Bonchev–Trinajstić information content (AvgIpc) is 3.08. The van der Waals surface area contributed by atoms with Gasteiger partial charge >= 0.3 is 0 Å². The first-order valence-corrected chi connectivity index (χ1v) is 11.0. The smallest absolute Gasteiger partial charge is 0.251 e. The van der Waals surface area contributed by atoms with Gasteiger partial charge in [-0.3, -0.25) is 9.59 Å². The lowest BCUT2D eigenvalue weighted by atomic mass is 9.70. The average molecular weight is 430 g/mol. The quantitative estimate of drug-likeness (QED) is 0.751. The van der Waals surface area contributed by atoms with Gasteiger partial charge in [-0.1, -0.05) is 50.3 Å². The second-order valence-corrected chi connectivity index (χ2v) is 9.54. The molecule has 0 saturated carbocycles. The van der Waals surface area contributed by atoms with Gasteiger partial charge in [0.05, 0.1) is 6.61 Å². The summed E-state index contributed by atoms with van der Waals surface area (Å²) in [5.74, 6) is 0.321. The van der Waals surface area contributed by atoms with Gasteiger partial charge in [0.1, 0.15) is 12.4 Å². The molecule has 0 bridgehead atoms. The first-order chi connectivity index (χ1) is 15.4. The van der Waals surface area contributed by atoms with Gasteiger partial charge in [-0.05, 0) is 40.7 Å². The molecule has 3 aliphatic rings. The van der Waals surface area contributed by atoms with E-state index in [0.717, 1.165) is 24.1 Å². The maximum absolute atomic E-state index is 13.0. The van der Waals surface area contributed by atoms with Crippen LogP contribution in [0, 0.1) is 10.8 Å². The normalized spacial score (nSPS) is 27.0. The SMILES string of the molecule is C[C@]12CC(c3ccccc3)=C[C@@]1(C)CN(C(=O)/C=C/c1cnc3c(c1)COCC(=O)N3)C2. The lowest BCUT2D eigenvalue weighted by Gasteiger charge is -2.31. The molecule has 2 aliphatic heterocycles. The molecular formula is C26H27N3O3. The van der Waals surface area contributed by atoms with E-state index in [1.54, 1.807) is 18.3 Å². The number of aromatic nitrogens is 1. The van der Waals surface area contributed by atoms with Gasteiger partial charge in [0.2, 0.25) is 5.91 Å². The van der Waals surface area contributed by atoms with Gasteiger partial charge < -0.3 is 15.0 Å². The number of amides is 2. The van der Waals surface area contributed by atoms with Crippen molar-refractivity contribution in [1.82, 2.24) is 9.88 Å². The second kappa shape index (κ2) is 7.71. The van der Waals surface area contributed by atoms with Crippen LogP contribution in [0.5, 0.6) is 0 Å². The number of pyridine rings is 1. The Labute approximate surface area is 188 Å². The van der Waals surface area contributed by atoms with Gasteiger partial charge in [-0.15, -0.1) is 0 Å². The fourth-order valence-corrected chi connectivity index (χ4v) is 5.11. The number of nitrogens with one attached hydrogen (secondary N) is 1. The molecule has 0 unspecified atom stereocenters. The zero-order valence-corrected chi connectivity index (χ0v) is 18.4. The molecular weight excluding hydrogens is 402 g/mol. The molecule has 0 radical (unpaired) electrons. The van der Waals surface area contributed by atoms with Gasteiger partial charge in [-0.2, -0.15) is 0 Å². The predicted molar refractivity (Wildman–Crippen MR) is 123 cm³/mol. The third-order valence-electron chi connectivity index (χ3n) is 7.12. The van der Waals surface area contributed by atoms with E-state index in [9.17, 15) is 9.59 Å². The molecule has 2 amide bonds. The highest BCUT2D eigenvalue weighted by Crippen LogP contribution is 2.57. The fourth-order valence-electron chi connectivity index (χ4n) is 5.11. The molecule has 2 aromatic rings. The third-order valence-corrected chi connectivity index (χ3v) is 7.12. The molecule has 1 aliphatic carbocycles. The number of likely N-dealkylation sites (tertiary alicyclic amines) is 1. The highest BCUT2D eigenvalue weighted by molar-refractivity contribution is 5.93. The number of carbonyl (C=O) groups is 2. The van der Waals surface area contributed by atoms with Crippen LogP contribution in [0.4, 0.5) is 5.82 Å². The summed E-state index contributed by atoms with van der Waals surface area (Å²) < 4.78 is 5.34. The second-order valence-electron chi connectivity index (χ2n) is 9.54. The summed E-state index contributed by atoms with van der Waals surface area (Å²) in [7, 11) is 0. The zero-order chi connectivity index (χ0) is 22.3. The topological polar surface area (TPSA) is 71.5 Å². The Bertz CT molecular complexity index is 1140. The number of fused-ring (bicyclic) bond motifs is 2. The summed E-state index contributed by atoms with van der Waals surface area (Å²) in [6, 6.07) is 12.4.